The molecule has 2 saturated heterocycles. The average molecular weight is 426 g/mol. The van der Waals surface area contributed by atoms with E-state index in [1.807, 2.05) is 0 Å². The van der Waals surface area contributed by atoms with Gasteiger partial charge in [0, 0.05) is 9.62 Å². The summed E-state index contributed by atoms with van der Waals surface area (Å²) in [5, 5.41) is 14.1. The minimum atomic E-state index is -1.15. The van der Waals surface area contributed by atoms with Crippen LogP contribution in [-0.4, -0.2) is 67.8 Å². The second-order valence-electron chi connectivity index (χ2n) is 6.76. The van der Waals surface area contributed by atoms with E-state index in [9.17, 15) is 29.1 Å². The Morgan fingerprint density at radius 2 is 2.11 bits per heavy atom. The van der Waals surface area contributed by atoms with Crippen molar-refractivity contribution in [3.8, 4) is 0 Å². The monoisotopic (exact) mass is 426 g/mol. The van der Waals surface area contributed by atoms with E-state index in [2.05, 4.69) is 10.7 Å². The summed E-state index contributed by atoms with van der Waals surface area (Å²) < 4.78 is -0.716. The summed E-state index contributed by atoms with van der Waals surface area (Å²) in [5.41, 5.74) is 2.16. The number of thiophene rings is 1. The van der Waals surface area contributed by atoms with Gasteiger partial charge in [0.15, 0.2) is 6.04 Å². The molecular formula is C16H18N4O6S2. The van der Waals surface area contributed by atoms with E-state index in [0.717, 1.165) is 5.01 Å². The minimum absolute atomic E-state index is 0.269. The molecule has 1 aromatic heterocycles. The highest BCUT2D eigenvalue weighted by atomic mass is 32.2. The topological polar surface area (TPSA) is 136 Å². The number of aliphatic carboxylic acids is 1. The maximum Gasteiger partial charge on any atom is 0.327 e. The van der Waals surface area contributed by atoms with E-state index in [1.165, 1.54) is 28.0 Å². The van der Waals surface area contributed by atoms with Crippen molar-refractivity contribution in [2.24, 2.45) is 0 Å². The van der Waals surface area contributed by atoms with Crippen LogP contribution in [0.2, 0.25) is 0 Å². The Balaban J connectivity index is 1.80. The van der Waals surface area contributed by atoms with Gasteiger partial charge in [0.25, 0.3) is 5.91 Å². The van der Waals surface area contributed by atoms with Crippen LogP contribution in [0.25, 0.3) is 0 Å². The van der Waals surface area contributed by atoms with E-state index in [4.69, 9.17) is 0 Å². The lowest BCUT2D eigenvalue weighted by Gasteiger charge is -2.44. The minimum Gasteiger partial charge on any atom is -0.480 e. The number of thioether (sulfide) groups is 1. The van der Waals surface area contributed by atoms with E-state index >= 15 is 0 Å². The maximum atomic E-state index is 12.9. The molecule has 0 unspecified atom stereocenters. The zero-order valence-electron chi connectivity index (χ0n) is 14.9. The highest BCUT2D eigenvalue weighted by Crippen LogP contribution is 2.50. The summed E-state index contributed by atoms with van der Waals surface area (Å²) in [7, 11) is 0. The smallest absolute Gasteiger partial charge is 0.327 e. The molecule has 10 nitrogen and oxygen atoms in total. The van der Waals surface area contributed by atoms with E-state index in [1.54, 1.807) is 31.4 Å². The molecule has 2 fully saturated rings. The highest BCUT2D eigenvalue weighted by molar-refractivity contribution is 8.01. The number of nitrogens with one attached hydrogen (secondary N) is 2. The molecule has 0 saturated carbocycles. The third-order valence-electron chi connectivity index (χ3n) is 4.63. The predicted molar refractivity (Wildman–Crippen MR) is 99.8 cm³/mol. The third-order valence-corrected chi connectivity index (χ3v) is 7.12. The zero-order valence-corrected chi connectivity index (χ0v) is 16.5. The van der Waals surface area contributed by atoms with Gasteiger partial charge in [-0.25, -0.2) is 9.80 Å². The number of carbonyl (C=O) groups is 5. The van der Waals surface area contributed by atoms with Crippen molar-refractivity contribution in [3.63, 3.8) is 0 Å². The number of carboxylic acid groups (broad SMARTS) is 1. The van der Waals surface area contributed by atoms with Crippen LogP contribution in [0.15, 0.2) is 17.5 Å². The van der Waals surface area contributed by atoms with E-state index in [-0.39, 0.29) is 6.41 Å². The Bertz CT molecular complexity index is 814. The summed E-state index contributed by atoms with van der Waals surface area (Å²) in [6.45, 7) is 3.47. The fourth-order valence-corrected chi connectivity index (χ4v) is 5.89. The predicted octanol–water partition coefficient (Wildman–Crippen LogP) is -0.460. The normalized spacial score (nSPS) is 25.9. The molecule has 0 aliphatic carbocycles. The summed E-state index contributed by atoms with van der Waals surface area (Å²) in [5.74, 6) is -2.24. The zero-order chi connectivity index (χ0) is 20.6. The molecule has 2 aliphatic rings. The van der Waals surface area contributed by atoms with Crippen LogP contribution in [0.4, 0.5) is 0 Å². The number of nitrogens with zero attached hydrogens (tertiary/aromatic N) is 2. The van der Waals surface area contributed by atoms with Crippen LogP contribution >= 0.6 is 23.1 Å². The number of hydrazine groups is 1. The molecule has 12 heteroatoms. The first kappa shape index (κ1) is 20.1. The van der Waals surface area contributed by atoms with Crippen LogP contribution in [0, 0.1) is 0 Å². The van der Waals surface area contributed by atoms with Crippen LogP contribution < -0.4 is 10.7 Å². The van der Waals surface area contributed by atoms with Gasteiger partial charge in [-0.05, 0) is 25.3 Å². The van der Waals surface area contributed by atoms with Gasteiger partial charge in [-0.2, -0.15) is 0 Å². The molecule has 0 aromatic carbocycles. The number of carboxylic acids is 1. The molecule has 2 aliphatic heterocycles. The Morgan fingerprint density at radius 1 is 1.39 bits per heavy atom. The summed E-state index contributed by atoms with van der Waals surface area (Å²) in [4.78, 5) is 60.8. The summed E-state index contributed by atoms with van der Waals surface area (Å²) in [6, 6.07) is 0.264. The third kappa shape index (κ3) is 3.22. The molecule has 1 aromatic rings. The van der Waals surface area contributed by atoms with Gasteiger partial charge in [0.05, 0.1) is 0 Å². The van der Waals surface area contributed by atoms with Gasteiger partial charge in [0.2, 0.25) is 18.7 Å². The van der Waals surface area contributed by atoms with E-state index < -0.39 is 46.0 Å². The lowest BCUT2D eigenvalue weighted by Crippen LogP contribution is -2.71. The fraction of sp³-hybridized carbons (Fsp3) is 0.438. The molecule has 3 heterocycles. The number of rotatable bonds is 8. The number of carbonyl (C=O) groups excluding carboxylic acids is 4. The van der Waals surface area contributed by atoms with E-state index in [0.29, 0.717) is 11.3 Å². The molecule has 3 rings (SSSR count). The lowest BCUT2D eigenvalue weighted by atomic mass is 9.96. The van der Waals surface area contributed by atoms with Crippen molar-refractivity contribution < 1.29 is 29.1 Å². The molecule has 0 spiro atoms. The molecule has 0 radical (unpaired) electrons. The van der Waals surface area contributed by atoms with Crippen molar-refractivity contribution in [2.45, 2.75) is 42.1 Å². The van der Waals surface area contributed by atoms with Crippen molar-refractivity contribution in [3.05, 3.63) is 22.4 Å². The number of hydrogen-bond donors (Lipinski definition) is 3. The molecule has 28 heavy (non-hydrogen) atoms. The van der Waals surface area contributed by atoms with Crippen LogP contribution in [0.3, 0.4) is 0 Å². The second kappa shape index (κ2) is 7.43. The second-order valence-corrected chi connectivity index (χ2v) is 9.51. The maximum absolute atomic E-state index is 12.9. The SMILES string of the molecule is CC1(C)S[C@@H]2[C@@H](NC(=O)[C@H](c3cccs3)N(C=O)NC=O)C(=O)N2[C@H]1C(=O)O. The highest BCUT2D eigenvalue weighted by Gasteiger charge is 2.64. The molecule has 0 bridgehead atoms. The Morgan fingerprint density at radius 3 is 2.64 bits per heavy atom. The fourth-order valence-electron chi connectivity index (χ4n) is 3.44. The van der Waals surface area contributed by atoms with Crippen molar-refractivity contribution >= 4 is 53.7 Å². The first-order valence-electron chi connectivity index (χ1n) is 8.23. The number of amides is 4. The van der Waals surface area contributed by atoms with Crippen LogP contribution in [0.5, 0.6) is 0 Å². The van der Waals surface area contributed by atoms with Gasteiger partial charge >= 0.3 is 5.97 Å². The van der Waals surface area contributed by atoms with Gasteiger partial charge in [-0.15, -0.1) is 23.1 Å². The molecule has 4 atom stereocenters. The number of β-lactam (4-membered cyclic amide) rings is 1. The lowest BCUT2D eigenvalue weighted by molar-refractivity contribution is -0.161. The molecular weight excluding hydrogens is 408 g/mol. The number of hydrogen-bond acceptors (Lipinski definition) is 7. The Hall–Kier alpha value is -2.60. The van der Waals surface area contributed by atoms with Crippen molar-refractivity contribution in [2.75, 3.05) is 0 Å². The molecule has 3 N–H and O–H groups in total. The van der Waals surface area contributed by atoms with Crippen LogP contribution in [0.1, 0.15) is 24.8 Å². The summed E-state index contributed by atoms with van der Waals surface area (Å²) >= 11 is 2.51. The van der Waals surface area contributed by atoms with Gasteiger partial charge in [-0.1, -0.05) is 6.07 Å². The molecule has 4 amide bonds. The largest absolute Gasteiger partial charge is 0.480 e. The molecule has 150 valence electrons. The van der Waals surface area contributed by atoms with Crippen LogP contribution in [-0.2, 0) is 24.0 Å². The van der Waals surface area contributed by atoms with Gasteiger partial charge < -0.3 is 15.3 Å². The number of fused-ring (bicyclic) bond motifs is 1. The quantitative estimate of drug-likeness (QED) is 0.291. The van der Waals surface area contributed by atoms with Crippen molar-refractivity contribution in [1.29, 1.82) is 0 Å². The average Bonchev–Trinajstić information content (AvgIpc) is 3.23. The first-order chi connectivity index (χ1) is 13.2. The Labute approximate surface area is 168 Å². The van der Waals surface area contributed by atoms with Gasteiger partial charge in [-0.3, -0.25) is 24.6 Å². The standard InChI is InChI=1S/C16H18N4O6S2/c1-16(2)11(15(25)26)20-13(24)9(14(20)28-16)18-12(23)10(8-4-3-5-27-8)19(7-22)17-6-21/h3-7,9-11,14H,1-2H3,(H,17,21)(H,18,23)(H,25,26)/t9-,10-,11-,14+/m0/s1. The van der Waals surface area contributed by atoms with Gasteiger partial charge in [0.1, 0.15) is 17.5 Å². The Kier molecular flexibility index (Phi) is 5.35. The first-order valence-corrected chi connectivity index (χ1v) is 9.99. The summed E-state index contributed by atoms with van der Waals surface area (Å²) in [6.07, 6.45) is 0.576. The van der Waals surface area contributed by atoms with Crippen molar-refractivity contribution in [1.82, 2.24) is 20.7 Å².